The summed E-state index contributed by atoms with van der Waals surface area (Å²) in [5.41, 5.74) is 9.73. The van der Waals surface area contributed by atoms with Gasteiger partial charge < -0.3 is 4.57 Å². The van der Waals surface area contributed by atoms with Gasteiger partial charge in [-0.15, -0.1) is 0 Å². The van der Waals surface area contributed by atoms with Crippen LogP contribution in [0.4, 0.5) is 0 Å². The Morgan fingerprint density at radius 2 is 0.840 bits per heavy atom. The van der Waals surface area contributed by atoms with Gasteiger partial charge >= 0.3 is 0 Å². The number of para-hydroxylation sites is 3. The molecule has 0 aliphatic heterocycles. The molecule has 0 atom stereocenters. The smallest absolute Gasteiger partial charge is 0.238 e. The summed E-state index contributed by atoms with van der Waals surface area (Å²) in [7, 11) is 0. The Labute approximate surface area is 288 Å². The van der Waals surface area contributed by atoms with Crippen LogP contribution in [0.15, 0.2) is 176 Å². The fourth-order valence-electron chi connectivity index (χ4n) is 7.42. The SMILES string of the molecule is c1ccc(-c2nc(-c3ccccc3)nc(-n3c4ccccc4c4c(-c5ccccc5)c5c(cc43)c3ccccc3n5-c3ccccc3)n2)cc1. The molecule has 0 bridgehead atoms. The molecule has 3 heterocycles. The molecule has 0 radical (unpaired) electrons. The van der Waals surface area contributed by atoms with Crippen molar-refractivity contribution in [1.82, 2.24) is 24.1 Å². The van der Waals surface area contributed by atoms with Crippen LogP contribution in [0.5, 0.6) is 0 Å². The van der Waals surface area contributed by atoms with Crippen LogP contribution in [-0.2, 0) is 0 Å². The van der Waals surface area contributed by atoms with Gasteiger partial charge in [0.15, 0.2) is 11.6 Å². The van der Waals surface area contributed by atoms with Crippen molar-refractivity contribution >= 4 is 43.6 Å². The Bertz CT molecular complexity index is 2780. The average molecular weight is 640 g/mol. The van der Waals surface area contributed by atoms with Gasteiger partial charge in [0.25, 0.3) is 0 Å². The molecule has 0 saturated carbocycles. The molecule has 0 aliphatic carbocycles. The van der Waals surface area contributed by atoms with Crippen LogP contribution in [0.25, 0.3) is 89.2 Å². The Balaban J connectivity index is 1.40. The highest BCUT2D eigenvalue weighted by Gasteiger charge is 2.25. The van der Waals surface area contributed by atoms with Crippen molar-refractivity contribution in [3.8, 4) is 45.5 Å². The summed E-state index contributed by atoms with van der Waals surface area (Å²) in [6, 6.07) is 61.4. The van der Waals surface area contributed by atoms with Crippen LogP contribution in [0.3, 0.4) is 0 Å². The second kappa shape index (κ2) is 11.4. The summed E-state index contributed by atoms with van der Waals surface area (Å²) in [6.45, 7) is 0. The lowest BCUT2D eigenvalue weighted by Gasteiger charge is -2.14. The summed E-state index contributed by atoms with van der Waals surface area (Å²) >= 11 is 0. The molecule has 50 heavy (non-hydrogen) atoms. The van der Waals surface area contributed by atoms with Gasteiger partial charge in [-0.1, -0.05) is 146 Å². The zero-order valence-electron chi connectivity index (χ0n) is 27.0. The molecule has 0 unspecified atom stereocenters. The first-order valence-corrected chi connectivity index (χ1v) is 16.8. The third-order valence-corrected chi connectivity index (χ3v) is 9.56. The van der Waals surface area contributed by atoms with Crippen molar-refractivity contribution in [3.63, 3.8) is 0 Å². The van der Waals surface area contributed by atoms with Gasteiger partial charge in [0.2, 0.25) is 5.95 Å². The van der Waals surface area contributed by atoms with Crippen molar-refractivity contribution in [3.05, 3.63) is 176 Å². The Morgan fingerprint density at radius 1 is 0.360 bits per heavy atom. The Morgan fingerprint density at radius 3 is 1.44 bits per heavy atom. The second-order valence-electron chi connectivity index (χ2n) is 12.5. The van der Waals surface area contributed by atoms with E-state index in [0.29, 0.717) is 17.6 Å². The predicted octanol–water partition coefficient (Wildman–Crippen LogP) is 11.1. The fraction of sp³-hybridized carbons (Fsp3) is 0. The van der Waals surface area contributed by atoms with E-state index in [1.807, 2.05) is 36.4 Å². The van der Waals surface area contributed by atoms with Gasteiger partial charge in [-0.3, -0.25) is 4.57 Å². The average Bonchev–Trinajstić information content (AvgIpc) is 3.71. The van der Waals surface area contributed by atoms with Gasteiger partial charge in [-0.25, -0.2) is 4.98 Å². The molecule has 0 saturated heterocycles. The number of rotatable bonds is 5. The number of hydrogen-bond acceptors (Lipinski definition) is 3. The van der Waals surface area contributed by atoms with E-state index in [1.54, 1.807) is 0 Å². The summed E-state index contributed by atoms with van der Waals surface area (Å²) in [5, 5.41) is 4.64. The largest absolute Gasteiger partial charge is 0.309 e. The van der Waals surface area contributed by atoms with Crippen molar-refractivity contribution in [1.29, 1.82) is 0 Å². The lowest BCUT2D eigenvalue weighted by Crippen LogP contribution is -2.06. The maximum Gasteiger partial charge on any atom is 0.238 e. The summed E-state index contributed by atoms with van der Waals surface area (Å²) < 4.78 is 4.65. The van der Waals surface area contributed by atoms with Crippen LogP contribution in [-0.4, -0.2) is 24.1 Å². The zero-order chi connectivity index (χ0) is 33.0. The molecule has 10 rings (SSSR count). The van der Waals surface area contributed by atoms with E-state index < -0.39 is 0 Å². The van der Waals surface area contributed by atoms with Crippen molar-refractivity contribution < 1.29 is 0 Å². The molecule has 5 nitrogen and oxygen atoms in total. The standard InChI is InChI=1S/C45H29N5/c1-5-17-30(18-6-1)40-41-35-26-14-16-28-38(35)50(45-47-43(31-19-7-2-8-20-31)46-44(48-45)32-21-9-3-10-22-32)39(41)29-36-34-25-13-15-27-37(34)49(42(36)40)33-23-11-4-12-24-33/h1-29H. The van der Waals surface area contributed by atoms with E-state index in [-0.39, 0.29) is 0 Å². The minimum absolute atomic E-state index is 0.578. The second-order valence-corrected chi connectivity index (χ2v) is 12.5. The fourth-order valence-corrected chi connectivity index (χ4v) is 7.42. The van der Waals surface area contributed by atoms with Gasteiger partial charge in [0.05, 0.1) is 22.1 Å². The molecule has 3 aromatic heterocycles. The first-order chi connectivity index (χ1) is 24.8. The highest BCUT2D eigenvalue weighted by atomic mass is 15.2. The first-order valence-electron chi connectivity index (χ1n) is 16.8. The molecule has 10 aromatic rings. The number of fused-ring (bicyclic) bond motifs is 6. The van der Waals surface area contributed by atoms with Crippen molar-refractivity contribution in [2.45, 2.75) is 0 Å². The van der Waals surface area contributed by atoms with Gasteiger partial charge in [-0.05, 0) is 35.9 Å². The van der Waals surface area contributed by atoms with Crippen LogP contribution in [0, 0.1) is 0 Å². The van der Waals surface area contributed by atoms with E-state index in [1.165, 1.54) is 21.9 Å². The molecule has 5 heteroatoms. The van der Waals surface area contributed by atoms with Crippen LogP contribution >= 0.6 is 0 Å². The lowest BCUT2D eigenvalue weighted by molar-refractivity contribution is 0.954. The lowest BCUT2D eigenvalue weighted by atomic mass is 9.96. The molecule has 0 N–H and O–H groups in total. The zero-order valence-corrected chi connectivity index (χ0v) is 27.0. The van der Waals surface area contributed by atoms with Crippen molar-refractivity contribution in [2.24, 2.45) is 0 Å². The molecule has 0 amide bonds. The minimum atomic E-state index is 0.578. The first kappa shape index (κ1) is 28.2. The number of benzene rings is 7. The highest BCUT2D eigenvalue weighted by Crippen LogP contribution is 2.46. The van der Waals surface area contributed by atoms with Crippen LogP contribution in [0.1, 0.15) is 0 Å². The van der Waals surface area contributed by atoms with Gasteiger partial charge in [0, 0.05) is 43.9 Å². The molecule has 0 fully saturated rings. The molecule has 0 aliphatic rings. The molecule has 234 valence electrons. The maximum atomic E-state index is 5.21. The number of aromatic nitrogens is 5. The predicted molar refractivity (Wildman–Crippen MR) is 205 cm³/mol. The van der Waals surface area contributed by atoms with E-state index in [9.17, 15) is 0 Å². The van der Waals surface area contributed by atoms with E-state index >= 15 is 0 Å². The van der Waals surface area contributed by atoms with E-state index in [2.05, 4.69) is 149 Å². The summed E-state index contributed by atoms with van der Waals surface area (Å²) in [4.78, 5) is 15.4. The summed E-state index contributed by atoms with van der Waals surface area (Å²) in [6.07, 6.45) is 0. The minimum Gasteiger partial charge on any atom is -0.309 e. The summed E-state index contributed by atoms with van der Waals surface area (Å²) in [5.74, 6) is 1.84. The molecular formula is C45H29N5. The Hall–Kier alpha value is -6.85. The molecule has 0 spiro atoms. The number of nitrogens with zero attached hydrogens (tertiary/aromatic N) is 5. The van der Waals surface area contributed by atoms with Gasteiger partial charge in [0.1, 0.15) is 0 Å². The number of hydrogen-bond donors (Lipinski definition) is 0. The normalized spacial score (nSPS) is 11.6. The van der Waals surface area contributed by atoms with E-state index in [0.717, 1.165) is 49.7 Å². The Kier molecular flexibility index (Phi) is 6.42. The molecular weight excluding hydrogens is 611 g/mol. The molecule has 7 aromatic carbocycles. The van der Waals surface area contributed by atoms with E-state index in [4.69, 9.17) is 15.0 Å². The maximum absolute atomic E-state index is 5.21. The van der Waals surface area contributed by atoms with Crippen LogP contribution < -0.4 is 0 Å². The van der Waals surface area contributed by atoms with Crippen molar-refractivity contribution in [2.75, 3.05) is 0 Å². The highest BCUT2D eigenvalue weighted by molar-refractivity contribution is 6.26. The topological polar surface area (TPSA) is 48.5 Å². The third kappa shape index (κ3) is 4.37. The quantitative estimate of drug-likeness (QED) is 0.188. The third-order valence-electron chi connectivity index (χ3n) is 9.56. The van der Waals surface area contributed by atoms with Crippen LogP contribution in [0.2, 0.25) is 0 Å². The monoisotopic (exact) mass is 639 g/mol. The van der Waals surface area contributed by atoms with Gasteiger partial charge in [-0.2, -0.15) is 9.97 Å².